The lowest BCUT2D eigenvalue weighted by atomic mass is 10.1. The summed E-state index contributed by atoms with van der Waals surface area (Å²) in [6.45, 7) is 1.66. The van der Waals surface area contributed by atoms with Crippen LogP contribution in [0.4, 0.5) is 5.69 Å². The maximum atomic E-state index is 13.5. The first-order chi connectivity index (χ1) is 17.3. The van der Waals surface area contributed by atoms with E-state index in [-0.39, 0.29) is 22.2 Å². The molecular formula is C26H25ClN4O4S. The van der Waals surface area contributed by atoms with Gasteiger partial charge >= 0.3 is 0 Å². The number of nitrogens with zero attached hydrogens (tertiary/aromatic N) is 3. The maximum Gasteiger partial charge on any atom is 0.264 e. The van der Waals surface area contributed by atoms with Gasteiger partial charge in [-0.2, -0.15) is 0 Å². The second kappa shape index (κ2) is 10.8. The van der Waals surface area contributed by atoms with Gasteiger partial charge in [0.1, 0.15) is 18.1 Å². The molecule has 1 heterocycles. The number of ether oxygens (including phenoxy) is 1. The van der Waals surface area contributed by atoms with E-state index in [0.29, 0.717) is 5.75 Å². The van der Waals surface area contributed by atoms with E-state index in [1.165, 1.54) is 25.3 Å². The molecule has 0 unspecified atom stereocenters. The SMILES string of the molecule is COc1ccc(N(CC(=O)NCc2ccccc2-n2ccnc2C)S(=O)(=O)c2ccccc2)cc1Cl. The van der Waals surface area contributed by atoms with E-state index in [4.69, 9.17) is 16.3 Å². The Hall–Kier alpha value is -3.82. The normalized spacial score (nSPS) is 11.2. The van der Waals surface area contributed by atoms with Gasteiger partial charge < -0.3 is 14.6 Å². The number of imidazole rings is 1. The lowest BCUT2D eigenvalue weighted by Crippen LogP contribution is -2.40. The van der Waals surface area contributed by atoms with Crippen molar-refractivity contribution in [3.63, 3.8) is 0 Å². The topological polar surface area (TPSA) is 93.5 Å². The number of aryl methyl sites for hydroxylation is 1. The second-order valence-electron chi connectivity index (χ2n) is 7.89. The van der Waals surface area contributed by atoms with Crippen LogP contribution >= 0.6 is 11.6 Å². The molecule has 36 heavy (non-hydrogen) atoms. The fraction of sp³-hybridized carbons (Fsp3) is 0.154. The van der Waals surface area contributed by atoms with E-state index in [1.807, 2.05) is 42.0 Å². The number of benzene rings is 3. The quantitative estimate of drug-likeness (QED) is 0.351. The minimum absolute atomic E-state index is 0.0608. The minimum atomic E-state index is -4.06. The monoisotopic (exact) mass is 524 g/mol. The molecule has 0 spiro atoms. The van der Waals surface area contributed by atoms with Crippen LogP contribution in [0, 0.1) is 6.92 Å². The van der Waals surface area contributed by atoms with Crippen molar-refractivity contribution in [1.82, 2.24) is 14.9 Å². The van der Waals surface area contributed by atoms with Gasteiger partial charge in [-0.3, -0.25) is 9.10 Å². The molecule has 0 aliphatic carbocycles. The lowest BCUT2D eigenvalue weighted by molar-refractivity contribution is -0.119. The zero-order valence-electron chi connectivity index (χ0n) is 19.8. The summed E-state index contributed by atoms with van der Waals surface area (Å²) in [7, 11) is -2.59. The smallest absolute Gasteiger partial charge is 0.264 e. The average molecular weight is 525 g/mol. The van der Waals surface area contributed by atoms with Crippen molar-refractivity contribution in [2.24, 2.45) is 0 Å². The molecule has 8 nitrogen and oxygen atoms in total. The number of methoxy groups -OCH3 is 1. The van der Waals surface area contributed by atoms with Gasteiger partial charge in [-0.25, -0.2) is 13.4 Å². The van der Waals surface area contributed by atoms with Crippen molar-refractivity contribution in [3.8, 4) is 11.4 Å². The number of nitrogens with one attached hydrogen (secondary N) is 1. The van der Waals surface area contributed by atoms with Gasteiger partial charge in [0.15, 0.2) is 0 Å². The summed E-state index contributed by atoms with van der Waals surface area (Å²) in [4.78, 5) is 17.4. The molecule has 10 heteroatoms. The van der Waals surface area contributed by atoms with E-state index >= 15 is 0 Å². The molecule has 0 atom stereocenters. The molecule has 1 N–H and O–H groups in total. The molecule has 0 radical (unpaired) electrons. The number of hydrogen-bond donors (Lipinski definition) is 1. The van der Waals surface area contributed by atoms with Crippen LogP contribution in [-0.4, -0.2) is 37.5 Å². The van der Waals surface area contributed by atoms with E-state index in [2.05, 4.69) is 10.3 Å². The molecule has 1 amide bonds. The highest BCUT2D eigenvalue weighted by Gasteiger charge is 2.27. The molecule has 0 saturated heterocycles. The van der Waals surface area contributed by atoms with Crippen LogP contribution in [0.25, 0.3) is 5.69 Å². The van der Waals surface area contributed by atoms with E-state index in [9.17, 15) is 13.2 Å². The van der Waals surface area contributed by atoms with Gasteiger partial charge in [-0.1, -0.05) is 48.0 Å². The minimum Gasteiger partial charge on any atom is -0.495 e. The summed E-state index contributed by atoms with van der Waals surface area (Å²) < 4.78 is 35.2. The highest BCUT2D eigenvalue weighted by atomic mass is 35.5. The summed E-state index contributed by atoms with van der Waals surface area (Å²) in [6, 6.07) is 20.1. The summed E-state index contributed by atoms with van der Waals surface area (Å²) >= 11 is 6.27. The van der Waals surface area contributed by atoms with Crippen molar-refractivity contribution in [1.29, 1.82) is 0 Å². The summed E-state index contributed by atoms with van der Waals surface area (Å²) in [6.07, 6.45) is 3.55. The Morgan fingerprint density at radius 2 is 1.81 bits per heavy atom. The Balaban J connectivity index is 1.60. The molecule has 0 saturated carbocycles. The third kappa shape index (κ3) is 5.37. The number of halogens is 1. The molecule has 3 aromatic carbocycles. The zero-order chi connectivity index (χ0) is 25.7. The Morgan fingerprint density at radius 3 is 2.47 bits per heavy atom. The predicted molar refractivity (Wildman–Crippen MR) is 139 cm³/mol. The Labute approximate surface area is 215 Å². The van der Waals surface area contributed by atoms with E-state index in [0.717, 1.165) is 21.4 Å². The molecule has 0 aliphatic rings. The Kier molecular flexibility index (Phi) is 7.61. The lowest BCUT2D eigenvalue weighted by Gasteiger charge is -2.24. The van der Waals surface area contributed by atoms with Crippen LogP contribution in [0.3, 0.4) is 0 Å². The standard InChI is InChI=1S/C26H25ClN4O4S/c1-19-28-14-15-30(19)24-11-7-6-8-20(24)17-29-26(32)18-31(21-12-13-25(35-2)23(27)16-21)36(33,34)22-9-4-3-5-10-22/h3-16H,17-18H2,1-2H3,(H,29,32). The fourth-order valence-electron chi connectivity index (χ4n) is 3.75. The molecule has 4 aromatic rings. The molecule has 0 fully saturated rings. The van der Waals surface area contributed by atoms with Crippen LogP contribution in [0.1, 0.15) is 11.4 Å². The number of carbonyl (C=O) groups excluding carboxylic acids is 1. The van der Waals surface area contributed by atoms with Crippen molar-refractivity contribution >= 4 is 33.2 Å². The Bertz CT molecular complexity index is 1470. The van der Waals surface area contributed by atoms with Crippen molar-refractivity contribution < 1.29 is 17.9 Å². The van der Waals surface area contributed by atoms with Crippen molar-refractivity contribution in [2.75, 3.05) is 18.0 Å². The fourth-order valence-corrected chi connectivity index (χ4v) is 5.44. The molecule has 0 aliphatic heterocycles. The van der Waals surface area contributed by atoms with E-state index in [1.54, 1.807) is 36.5 Å². The van der Waals surface area contributed by atoms with Crippen LogP contribution < -0.4 is 14.4 Å². The molecule has 0 bridgehead atoms. The zero-order valence-corrected chi connectivity index (χ0v) is 21.3. The number of rotatable bonds is 9. The largest absolute Gasteiger partial charge is 0.495 e. The third-order valence-electron chi connectivity index (χ3n) is 5.59. The Morgan fingerprint density at radius 1 is 1.08 bits per heavy atom. The van der Waals surface area contributed by atoms with E-state index < -0.39 is 22.5 Å². The number of amides is 1. The average Bonchev–Trinajstić information content (AvgIpc) is 3.32. The van der Waals surface area contributed by atoms with Crippen LogP contribution in [0.15, 0.2) is 90.1 Å². The number of aromatic nitrogens is 2. The highest BCUT2D eigenvalue weighted by molar-refractivity contribution is 7.92. The van der Waals surface area contributed by atoms with Gasteiger partial charge in [0, 0.05) is 18.9 Å². The van der Waals surface area contributed by atoms with Gasteiger partial charge in [0.2, 0.25) is 5.91 Å². The van der Waals surface area contributed by atoms with Crippen molar-refractivity contribution in [3.05, 3.63) is 102 Å². The first-order valence-electron chi connectivity index (χ1n) is 11.1. The molecule has 1 aromatic heterocycles. The third-order valence-corrected chi connectivity index (χ3v) is 7.68. The molecule has 186 valence electrons. The first kappa shape index (κ1) is 25.3. The number of carbonyl (C=O) groups is 1. The van der Waals surface area contributed by atoms with Gasteiger partial charge in [0.25, 0.3) is 10.0 Å². The molecular weight excluding hydrogens is 500 g/mol. The highest BCUT2D eigenvalue weighted by Crippen LogP contribution is 2.31. The maximum absolute atomic E-state index is 13.5. The van der Waals surface area contributed by atoms with Gasteiger partial charge in [-0.05, 0) is 48.9 Å². The van der Waals surface area contributed by atoms with Gasteiger partial charge in [-0.15, -0.1) is 0 Å². The number of sulfonamides is 1. The predicted octanol–water partition coefficient (Wildman–Crippen LogP) is 4.35. The number of hydrogen-bond acceptors (Lipinski definition) is 5. The van der Waals surface area contributed by atoms with Gasteiger partial charge in [0.05, 0.1) is 28.4 Å². The summed E-state index contributed by atoms with van der Waals surface area (Å²) in [5.41, 5.74) is 1.98. The summed E-state index contributed by atoms with van der Waals surface area (Å²) in [5.74, 6) is 0.734. The number of para-hydroxylation sites is 1. The summed E-state index contributed by atoms with van der Waals surface area (Å²) in [5, 5.41) is 3.08. The van der Waals surface area contributed by atoms with Crippen LogP contribution in [0.2, 0.25) is 5.02 Å². The number of anilines is 1. The van der Waals surface area contributed by atoms with Crippen LogP contribution in [0.5, 0.6) is 5.75 Å². The molecule has 4 rings (SSSR count). The second-order valence-corrected chi connectivity index (χ2v) is 10.2. The van der Waals surface area contributed by atoms with Crippen LogP contribution in [-0.2, 0) is 21.4 Å². The first-order valence-corrected chi connectivity index (χ1v) is 12.9. The van der Waals surface area contributed by atoms with Crippen molar-refractivity contribution in [2.45, 2.75) is 18.4 Å².